The molecule has 0 aliphatic carbocycles. The summed E-state index contributed by atoms with van der Waals surface area (Å²) < 4.78 is 0. The van der Waals surface area contributed by atoms with Crippen molar-refractivity contribution in [3.05, 3.63) is 58.8 Å². The molecule has 5 heteroatoms. The van der Waals surface area contributed by atoms with Crippen LogP contribution in [0.25, 0.3) is 11.4 Å². The van der Waals surface area contributed by atoms with E-state index in [0.717, 1.165) is 11.4 Å². The van der Waals surface area contributed by atoms with E-state index < -0.39 is 0 Å². The summed E-state index contributed by atoms with van der Waals surface area (Å²) in [5, 5.41) is 5.44. The monoisotopic (exact) mass is 296 g/mol. The maximum Gasteiger partial charge on any atom is 0.163 e. The molecule has 0 radical (unpaired) electrons. The molecule has 2 aromatic heterocycles. The number of hydrogen-bond donors (Lipinski definition) is 2. The van der Waals surface area contributed by atoms with Crippen LogP contribution < -0.4 is 11.1 Å². The van der Waals surface area contributed by atoms with E-state index in [2.05, 4.69) is 33.7 Å². The molecule has 21 heavy (non-hydrogen) atoms. The lowest BCUT2D eigenvalue weighted by atomic mass is 10.2. The molecule has 4 nitrogen and oxygen atoms in total. The van der Waals surface area contributed by atoms with Crippen LogP contribution in [0.5, 0.6) is 0 Å². The summed E-state index contributed by atoms with van der Waals surface area (Å²) in [4.78, 5) is 10.1. The molecule has 0 aliphatic heterocycles. The third kappa shape index (κ3) is 3.20. The van der Waals surface area contributed by atoms with Crippen molar-refractivity contribution in [3.63, 3.8) is 0 Å². The molecule has 0 saturated heterocycles. The Hall–Kier alpha value is -2.40. The highest BCUT2D eigenvalue weighted by Crippen LogP contribution is 2.24. The number of rotatable bonds is 4. The quantitative estimate of drug-likeness (QED) is 0.765. The standard InChI is InChI=1S/C16H16N4S/c1-11(13-8-5-9-21-13)18-15-10-14(17)19-16(20-15)12-6-3-2-4-7-12/h2-11H,1H3,(H3,17,18,19,20). The molecule has 106 valence electrons. The van der Waals surface area contributed by atoms with Crippen molar-refractivity contribution >= 4 is 23.0 Å². The van der Waals surface area contributed by atoms with Gasteiger partial charge in [-0.05, 0) is 18.4 Å². The van der Waals surface area contributed by atoms with Gasteiger partial charge in [0.1, 0.15) is 11.6 Å². The number of anilines is 2. The minimum Gasteiger partial charge on any atom is -0.384 e. The third-order valence-electron chi connectivity index (χ3n) is 3.11. The minimum absolute atomic E-state index is 0.183. The first-order valence-electron chi connectivity index (χ1n) is 6.72. The van der Waals surface area contributed by atoms with E-state index in [1.807, 2.05) is 36.4 Å². The molecule has 0 fully saturated rings. The topological polar surface area (TPSA) is 63.8 Å². The van der Waals surface area contributed by atoms with E-state index in [9.17, 15) is 0 Å². The minimum atomic E-state index is 0.183. The summed E-state index contributed by atoms with van der Waals surface area (Å²) in [6.07, 6.45) is 0. The SMILES string of the molecule is CC(Nc1cc(N)nc(-c2ccccc2)n1)c1cccs1. The van der Waals surface area contributed by atoms with E-state index >= 15 is 0 Å². The van der Waals surface area contributed by atoms with E-state index in [1.165, 1.54) is 4.88 Å². The van der Waals surface area contributed by atoms with Crippen molar-refractivity contribution in [1.29, 1.82) is 0 Å². The highest BCUT2D eigenvalue weighted by Gasteiger charge is 2.10. The lowest BCUT2D eigenvalue weighted by molar-refractivity contribution is 0.894. The Kier molecular flexibility index (Phi) is 3.83. The molecule has 0 amide bonds. The summed E-state index contributed by atoms with van der Waals surface area (Å²) in [5.74, 6) is 1.84. The molecule has 3 N–H and O–H groups in total. The van der Waals surface area contributed by atoms with Crippen LogP contribution >= 0.6 is 11.3 Å². The maximum absolute atomic E-state index is 5.90. The molecular weight excluding hydrogens is 280 g/mol. The van der Waals surface area contributed by atoms with Crippen molar-refractivity contribution in [1.82, 2.24) is 9.97 Å². The Labute approximate surface area is 127 Å². The predicted molar refractivity (Wildman–Crippen MR) is 88.2 cm³/mol. The fourth-order valence-corrected chi connectivity index (χ4v) is 2.82. The normalized spacial score (nSPS) is 12.0. The van der Waals surface area contributed by atoms with Crippen molar-refractivity contribution in [2.75, 3.05) is 11.1 Å². The van der Waals surface area contributed by atoms with Gasteiger partial charge >= 0.3 is 0 Å². The highest BCUT2D eigenvalue weighted by atomic mass is 32.1. The third-order valence-corrected chi connectivity index (χ3v) is 4.17. The van der Waals surface area contributed by atoms with Crippen molar-refractivity contribution in [2.24, 2.45) is 0 Å². The zero-order valence-electron chi connectivity index (χ0n) is 11.7. The van der Waals surface area contributed by atoms with Crippen LogP contribution in [0, 0.1) is 0 Å². The van der Waals surface area contributed by atoms with Crippen LogP contribution in [-0.4, -0.2) is 9.97 Å². The zero-order valence-corrected chi connectivity index (χ0v) is 12.5. The highest BCUT2D eigenvalue weighted by molar-refractivity contribution is 7.10. The van der Waals surface area contributed by atoms with Crippen molar-refractivity contribution in [3.8, 4) is 11.4 Å². The van der Waals surface area contributed by atoms with Gasteiger partial charge in [-0.1, -0.05) is 36.4 Å². The summed E-state index contributed by atoms with van der Waals surface area (Å²) in [6.45, 7) is 2.10. The number of benzene rings is 1. The smallest absolute Gasteiger partial charge is 0.163 e. The Morgan fingerprint density at radius 3 is 2.62 bits per heavy atom. The zero-order chi connectivity index (χ0) is 14.7. The second kappa shape index (κ2) is 5.93. The number of aromatic nitrogens is 2. The molecule has 0 aliphatic rings. The first-order chi connectivity index (χ1) is 10.2. The van der Waals surface area contributed by atoms with Crippen LogP contribution in [0.15, 0.2) is 53.9 Å². The van der Waals surface area contributed by atoms with Gasteiger partial charge in [-0.25, -0.2) is 9.97 Å². The van der Waals surface area contributed by atoms with Gasteiger partial charge in [-0.3, -0.25) is 0 Å². The van der Waals surface area contributed by atoms with Gasteiger partial charge in [-0.15, -0.1) is 11.3 Å². The Morgan fingerprint density at radius 1 is 1.10 bits per heavy atom. The number of hydrogen-bond acceptors (Lipinski definition) is 5. The lowest BCUT2D eigenvalue weighted by Crippen LogP contribution is -2.08. The van der Waals surface area contributed by atoms with Gasteiger partial charge in [0.25, 0.3) is 0 Å². The number of nitrogens with two attached hydrogens (primary N) is 1. The van der Waals surface area contributed by atoms with Gasteiger partial charge < -0.3 is 11.1 Å². The number of nitrogen functional groups attached to an aromatic ring is 1. The maximum atomic E-state index is 5.90. The Morgan fingerprint density at radius 2 is 1.90 bits per heavy atom. The number of thiophene rings is 1. The molecule has 0 saturated carbocycles. The van der Waals surface area contributed by atoms with Gasteiger partial charge in [0, 0.05) is 16.5 Å². The van der Waals surface area contributed by atoms with Gasteiger partial charge in [0.05, 0.1) is 6.04 Å². The van der Waals surface area contributed by atoms with Gasteiger partial charge in [0.2, 0.25) is 0 Å². The summed E-state index contributed by atoms with van der Waals surface area (Å²) in [5.41, 5.74) is 6.86. The second-order valence-corrected chi connectivity index (χ2v) is 5.73. The van der Waals surface area contributed by atoms with Crippen LogP contribution in [0.3, 0.4) is 0 Å². The molecule has 1 aromatic carbocycles. The van der Waals surface area contributed by atoms with Crippen molar-refractivity contribution in [2.45, 2.75) is 13.0 Å². The molecule has 2 heterocycles. The Balaban J connectivity index is 1.88. The van der Waals surface area contributed by atoms with Crippen molar-refractivity contribution < 1.29 is 0 Å². The van der Waals surface area contributed by atoms with E-state index in [4.69, 9.17) is 5.73 Å². The molecular formula is C16H16N4S. The van der Waals surface area contributed by atoms with E-state index in [0.29, 0.717) is 11.6 Å². The molecule has 0 bridgehead atoms. The fourth-order valence-electron chi connectivity index (χ4n) is 2.09. The van der Waals surface area contributed by atoms with Gasteiger partial charge in [0.15, 0.2) is 5.82 Å². The molecule has 1 atom stereocenters. The first-order valence-corrected chi connectivity index (χ1v) is 7.60. The summed E-state index contributed by atoms with van der Waals surface area (Å²) in [7, 11) is 0. The van der Waals surface area contributed by atoms with Crippen LogP contribution in [0.4, 0.5) is 11.6 Å². The lowest BCUT2D eigenvalue weighted by Gasteiger charge is -2.14. The number of nitrogens with zero attached hydrogens (tertiary/aromatic N) is 2. The average Bonchev–Trinajstić information content (AvgIpc) is 3.02. The van der Waals surface area contributed by atoms with Crippen LogP contribution in [-0.2, 0) is 0 Å². The molecule has 3 rings (SSSR count). The largest absolute Gasteiger partial charge is 0.384 e. The summed E-state index contributed by atoms with van der Waals surface area (Å²) in [6, 6.07) is 15.9. The second-order valence-electron chi connectivity index (χ2n) is 4.75. The average molecular weight is 296 g/mol. The molecule has 0 spiro atoms. The van der Waals surface area contributed by atoms with E-state index in [1.54, 1.807) is 17.4 Å². The Bertz CT molecular complexity index is 710. The molecule has 3 aromatic rings. The predicted octanol–water partition coefficient (Wildman–Crippen LogP) is 3.96. The van der Waals surface area contributed by atoms with Crippen LogP contribution in [0.1, 0.15) is 17.8 Å². The number of nitrogens with one attached hydrogen (secondary N) is 1. The fraction of sp³-hybridized carbons (Fsp3) is 0.125. The van der Waals surface area contributed by atoms with E-state index in [-0.39, 0.29) is 6.04 Å². The van der Waals surface area contributed by atoms with Crippen LogP contribution in [0.2, 0.25) is 0 Å². The molecule has 1 unspecified atom stereocenters. The first kappa shape index (κ1) is 13.6. The summed E-state index contributed by atoms with van der Waals surface area (Å²) >= 11 is 1.72. The van der Waals surface area contributed by atoms with Gasteiger partial charge in [-0.2, -0.15) is 0 Å².